The van der Waals surface area contributed by atoms with E-state index in [1.54, 1.807) is 0 Å². The molecule has 1 aliphatic rings. The molecule has 2 heterocycles. The maximum absolute atomic E-state index is 12.1. The first-order chi connectivity index (χ1) is 9.33. The molecule has 4 nitrogen and oxygen atoms in total. The summed E-state index contributed by atoms with van der Waals surface area (Å²) in [5, 5.41) is 6.26. The molecular weight excluding hydrogens is 238 g/mol. The Hall–Kier alpha value is -2.07. The van der Waals surface area contributed by atoms with E-state index in [1.165, 1.54) is 0 Å². The molecule has 1 unspecified atom stereocenters. The van der Waals surface area contributed by atoms with Crippen LogP contribution in [0, 0.1) is 0 Å². The van der Waals surface area contributed by atoms with E-state index in [2.05, 4.69) is 15.6 Å². The van der Waals surface area contributed by atoms with Gasteiger partial charge in [-0.05, 0) is 30.7 Å². The van der Waals surface area contributed by atoms with Gasteiger partial charge in [0.15, 0.2) is 0 Å². The molecule has 1 aromatic carbocycles. The van der Waals surface area contributed by atoms with Crippen LogP contribution in [0.2, 0.25) is 0 Å². The monoisotopic (exact) mass is 255 g/mol. The number of aromatic nitrogens is 1. The summed E-state index contributed by atoms with van der Waals surface area (Å²) >= 11 is 0. The van der Waals surface area contributed by atoms with Crippen LogP contribution < -0.4 is 10.6 Å². The fraction of sp³-hybridized carbons (Fsp3) is 0.267. The summed E-state index contributed by atoms with van der Waals surface area (Å²) < 4.78 is 0. The fourth-order valence-corrected chi connectivity index (χ4v) is 2.35. The van der Waals surface area contributed by atoms with Crippen LogP contribution in [-0.4, -0.2) is 30.0 Å². The van der Waals surface area contributed by atoms with E-state index in [4.69, 9.17) is 0 Å². The lowest BCUT2D eigenvalue weighted by Gasteiger charge is -2.09. The Morgan fingerprint density at radius 2 is 2.00 bits per heavy atom. The molecule has 1 aromatic heterocycles. The third-order valence-electron chi connectivity index (χ3n) is 3.41. The van der Waals surface area contributed by atoms with E-state index in [-0.39, 0.29) is 11.9 Å². The number of H-pyrrole nitrogens is 1. The molecule has 1 atom stereocenters. The Labute approximate surface area is 112 Å². The van der Waals surface area contributed by atoms with Gasteiger partial charge in [-0.25, -0.2) is 0 Å². The average molecular weight is 255 g/mol. The van der Waals surface area contributed by atoms with Crippen LogP contribution in [0.4, 0.5) is 0 Å². The van der Waals surface area contributed by atoms with Crippen LogP contribution in [0.3, 0.4) is 0 Å². The number of carbonyl (C=O) groups is 1. The summed E-state index contributed by atoms with van der Waals surface area (Å²) in [7, 11) is 0. The van der Waals surface area contributed by atoms with E-state index < -0.39 is 0 Å². The summed E-state index contributed by atoms with van der Waals surface area (Å²) in [4.78, 5) is 15.2. The summed E-state index contributed by atoms with van der Waals surface area (Å²) in [6.45, 7) is 1.84. The van der Waals surface area contributed by atoms with Crippen LogP contribution in [0.15, 0.2) is 42.5 Å². The van der Waals surface area contributed by atoms with E-state index in [0.29, 0.717) is 5.69 Å². The first-order valence-electron chi connectivity index (χ1n) is 6.59. The van der Waals surface area contributed by atoms with Crippen molar-refractivity contribution in [3.05, 3.63) is 48.2 Å². The molecule has 4 heteroatoms. The molecule has 0 spiro atoms. The van der Waals surface area contributed by atoms with Gasteiger partial charge in [0, 0.05) is 18.3 Å². The second-order valence-electron chi connectivity index (χ2n) is 4.81. The topological polar surface area (TPSA) is 56.9 Å². The minimum atomic E-state index is -0.0316. The molecule has 0 saturated carbocycles. The molecule has 1 saturated heterocycles. The lowest BCUT2D eigenvalue weighted by atomic mass is 10.2. The van der Waals surface area contributed by atoms with E-state index >= 15 is 0 Å². The van der Waals surface area contributed by atoms with Crippen LogP contribution >= 0.6 is 0 Å². The Morgan fingerprint density at radius 1 is 1.16 bits per heavy atom. The number of hydrogen-bond donors (Lipinski definition) is 3. The zero-order chi connectivity index (χ0) is 13.1. The van der Waals surface area contributed by atoms with Crippen LogP contribution in [0.1, 0.15) is 16.9 Å². The molecule has 0 bridgehead atoms. The molecule has 0 radical (unpaired) electrons. The summed E-state index contributed by atoms with van der Waals surface area (Å²) in [6.07, 6.45) is 0.998. The van der Waals surface area contributed by atoms with Crippen molar-refractivity contribution in [2.75, 3.05) is 13.1 Å². The van der Waals surface area contributed by atoms with Crippen molar-refractivity contribution in [2.45, 2.75) is 12.5 Å². The first kappa shape index (κ1) is 12.0. The number of rotatable bonds is 3. The minimum absolute atomic E-state index is 0.0316. The second kappa shape index (κ2) is 5.28. The maximum Gasteiger partial charge on any atom is 0.267 e. The smallest absolute Gasteiger partial charge is 0.267 e. The number of amides is 1. The molecule has 1 aliphatic heterocycles. The fourth-order valence-electron chi connectivity index (χ4n) is 2.35. The van der Waals surface area contributed by atoms with Crippen molar-refractivity contribution in [1.29, 1.82) is 0 Å². The number of carbonyl (C=O) groups excluding carboxylic acids is 1. The highest BCUT2D eigenvalue weighted by Gasteiger charge is 2.18. The molecule has 19 heavy (non-hydrogen) atoms. The molecule has 1 amide bonds. The Balaban J connectivity index is 1.72. The predicted molar refractivity (Wildman–Crippen MR) is 75.0 cm³/mol. The van der Waals surface area contributed by atoms with Crippen LogP contribution in [0.25, 0.3) is 11.3 Å². The Bertz CT molecular complexity index is 556. The maximum atomic E-state index is 12.1. The van der Waals surface area contributed by atoms with Crippen molar-refractivity contribution in [1.82, 2.24) is 15.6 Å². The molecule has 2 aromatic rings. The number of nitrogens with one attached hydrogen (secondary N) is 3. The Morgan fingerprint density at radius 3 is 2.74 bits per heavy atom. The van der Waals surface area contributed by atoms with Crippen molar-refractivity contribution in [3.63, 3.8) is 0 Å². The second-order valence-corrected chi connectivity index (χ2v) is 4.81. The summed E-state index contributed by atoms with van der Waals surface area (Å²) in [5.74, 6) is -0.0316. The lowest BCUT2D eigenvalue weighted by molar-refractivity contribution is 0.0935. The lowest BCUT2D eigenvalue weighted by Crippen LogP contribution is -2.36. The zero-order valence-corrected chi connectivity index (χ0v) is 10.6. The largest absolute Gasteiger partial charge is 0.351 e. The zero-order valence-electron chi connectivity index (χ0n) is 10.6. The van der Waals surface area contributed by atoms with E-state index in [0.717, 1.165) is 30.8 Å². The van der Waals surface area contributed by atoms with Crippen LogP contribution in [-0.2, 0) is 0 Å². The van der Waals surface area contributed by atoms with Crippen molar-refractivity contribution in [2.24, 2.45) is 0 Å². The minimum Gasteiger partial charge on any atom is -0.351 e. The van der Waals surface area contributed by atoms with Gasteiger partial charge < -0.3 is 15.6 Å². The van der Waals surface area contributed by atoms with E-state index in [9.17, 15) is 4.79 Å². The van der Waals surface area contributed by atoms with Gasteiger partial charge in [0.1, 0.15) is 5.69 Å². The highest BCUT2D eigenvalue weighted by Crippen LogP contribution is 2.17. The number of hydrogen-bond acceptors (Lipinski definition) is 2. The number of benzene rings is 1. The van der Waals surface area contributed by atoms with Crippen molar-refractivity contribution in [3.8, 4) is 11.3 Å². The van der Waals surface area contributed by atoms with Gasteiger partial charge in [-0.15, -0.1) is 0 Å². The molecule has 0 aliphatic carbocycles. The molecule has 3 N–H and O–H groups in total. The first-order valence-corrected chi connectivity index (χ1v) is 6.59. The van der Waals surface area contributed by atoms with Gasteiger partial charge in [0.2, 0.25) is 0 Å². The summed E-state index contributed by atoms with van der Waals surface area (Å²) in [6, 6.07) is 14.0. The van der Waals surface area contributed by atoms with E-state index in [1.807, 2.05) is 42.5 Å². The predicted octanol–water partition coefficient (Wildman–Crippen LogP) is 1.77. The van der Waals surface area contributed by atoms with Gasteiger partial charge >= 0.3 is 0 Å². The van der Waals surface area contributed by atoms with Gasteiger partial charge in [-0.2, -0.15) is 0 Å². The van der Waals surface area contributed by atoms with Gasteiger partial charge in [0.25, 0.3) is 5.91 Å². The SMILES string of the molecule is O=C(NC1CCNC1)c1ccc(-c2ccccc2)[nH]1. The van der Waals surface area contributed by atoms with Gasteiger partial charge in [-0.1, -0.05) is 30.3 Å². The molecule has 1 fully saturated rings. The standard InChI is InChI=1S/C15H17N3O/c19-15(17-12-8-9-16-10-12)14-7-6-13(18-14)11-4-2-1-3-5-11/h1-7,12,16,18H,8-10H2,(H,17,19). The molecule has 3 rings (SSSR count). The average Bonchev–Trinajstić information content (AvgIpc) is 3.10. The molecular formula is C15H17N3O. The summed E-state index contributed by atoms with van der Waals surface area (Å²) in [5.41, 5.74) is 2.67. The third kappa shape index (κ3) is 2.69. The van der Waals surface area contributed by atoms with Crippen LogP contribution in [0.5, 0.6) is 0 Å². The van der Waals surface area contributed by atoms with Crippen molar-refractivity contribution >= 4 is 5.91 Å². The third-order valence-corrected chi connectivity index (χ3v) is 3.41. The highest BCUT2D eigenvalue weighted by molar-refractivity contribution is 5.93. The van der Waals surface area contributed by atoms with Gasteiger partial charge in [0.05, 0.1) is 0 Å². The van der Waals surface area contributed by atoms with Gasteiger partial charge in [-0.3, -0.25) is 4.79 Å². The Kier molecular flexibility index (Phi) is 3.33. The van der Waals surface area contributed by atoms with Crippen molar-refractivity contribution < 1.29 is 4.79 Å². The quantitative estimate of drug-likeness (QED) is 0.783. The highest BCUT2D eigenvalue weighted by atomic mass is 16.1. The normalized spacial score (nSPS) is 18.4. The number of aromatic amines is 1. The molecule has 98 valence electrons.